The molecular weight excluding hydrogens is 156 g/mol. The third-order valence-corrected chi connectivity index (χ3v) is 2.21. The van der Waals surface area contributed by atoms with E-state index in [1.54, 1.807) is 0 Å². The zero-order valence-electron chi connectivity index (χ0n) is 7.20. The molecule has 0 heterocycles. The van der Waals surface area contributed by atoms with Crippen LogP contribution in [0.3, 0.4) is 0 Å². The highest BCUT2D eigenvalue weighted by atomic mass is 16.5. The maximum atomic E-state index is 8.21. The van der Waals surface area contributed by atoms with Gasteiger partial charge in [-0.15, -0.1) is 0 Å². The van der Waals surface area contributed by atoms with Gasteiger partial charge < -0.3 is 15.7 Å². The number of hydrogen-bond donors (Lipinski definition) is 2. The molecule has 0 aliphatic heterocycles. The molecule has 4 heteroatoms. The lowest BCUT2D eigenvalue weighted by Gasteiger charge is -2.08. The molecule has 0 bridgehead atoms. The minimum absolute atomic E-state index is 0.146. The Morgan fingerprint density at radius 3 is 2.75 bits per heavy atom. The first-order valence-corrected chi connectivity index (χ1v) is 4.37. The van der Waals surface area contributed by atoms with Crippen LogP contribution in [-0.2, 0) is 4.74 Å². The molecule has 0 spiro atoms. The highest BCUT2D eigenvalue weighted by Gasteiger charge is 2.14. The van der Waals surface area contributed by atoms with E-state index in [9.17, 15) is 0 Å². The fraction of sp³-hybridized carbons (Fsp3) is 0.875. The van der Waals surface area contributed by atoms with Crippen molar-refractivity contribution in [2.45, 2.75) is 25.7 Å². The van der Waals surface area contributed by atoms with Gasteiger partial charge in [-0.05, 0) is 18.8 Å². The van der Waals surface area contributed by atoms with Gasteiger partial charge in [0.15, 0.2) is 5.84 Å². The second-order valence-corrected chi connectivity index (χ2v) is 3.26. The Labute approximate surface area is 72.4 Å². The number of rotatable bonds is 4. The molecule has 1 fully saturated rings. The Balaban J connectivity index is 2.01. The van der Waals surface area contributed by atoms with Gasteiger partial charge in [0.05, 0.1) is 0 Å². The first-order chi connectivity index (χ1) is 5.83. The summed E-state index contributed by atoms with van der Waals surface area (Å²) in [6.45, 7) is 0.989. The SMILES string of the molecule is NC(COCC1CCCC1)=NO. The van der Waals surface area contributed by atoms with Crippen LogP contribution < -0.4 is 5.73 Å². The third-order valence-electron chi connectivity index (χ3n) is 2.21. The topological polar surface area (TPSA) is 67.8 Å². The van der Waals surface area contributed by atoms with Crippen LogP contribution in [0, 0.1) is 5.92 Å². The number of nitrogens with two attached hydrogens (primary N) is 1. The number of ether oxygens (including phenoxy) is 1. The van der Waals surface area contributed by atoms with E-state index in [0.29, 0.717) is 5.92 Å². The second kappa shape index (κ2) is 4.98. The maximum absolute atomic E-state index is 8.21. The van der Waals surface area contributed by atoms with Crippen LogP contribution in [0.1, 0.15) is 25.7 Å². The van der Waals surface area contributed by atoms with Crippen molar-refractivity contribution in [2.75, 3.05) is 13.2 Å². The van der Waals surface area contributed by atoms with Crippen molar-refractivity contribution in [1.82, 2.24) is 0 Å². The van der Waals surface area contributed by atoms with Crippen LogP contribution >= 0.6 is 0 Å². The largest absolute Gasteiger partial charge is 0.409 e. The van der Waals surface area contributed by atoms with Gasteiger partial charge in [-0.25, -0.2) is 0 Å². The third kappa shape index (κ3) is 3.09. The van der Waals surface area contributed by atoms with Crippen LogP contribution in [-0.4, -0.2) is 24.3 Å². The van der Waals surface area contributed by atoms with Crippen LogP contribution in [0.5, 0.6) is 0 Å². The van der Waals surface area contributed by atoms with E-state index in [4.69, 9.17) is 15.7 Å². The predicted octanol–water partition coefficient (Wildman–Crippen LogP) is 0.940. The molecule has 3 N–H and O–H groups in total. The van der Waals surface area contributed by atoms with Gasteiger partial charge in [-0.2, -0.15) is 0 Å². The first kappa shape index (κ1) is 9.32. The van der Waals surface area contributed by atoms with E-state index in [1.165, 1.54) is 25.7 Å². The van der Waals surface area contributed by atoms with Crippen molar-refractivity contribution >= 4 is 5.84 Å². The van der Waals surface area contributed by atoms with Crippen molar-refractivity contribution in [3.05, 3.63) is 0 Å². The van der Waals surface area contributed by atoms with Crippen molar-refractivity contribution in [2.24, 2.45) is 16.8 Å². The van der Waals surface area contributed by atoms with Crippen molar-refractivity contribution in [1.29, 1.82) is 0 Å². The highest BCUT2D eigenvalue weighted by molar-refractivity contribution is 5.80. The zero-order chi connectivity index (χ0) is 8.81. The molecule has 0 saturated heterocycles. The maximum Gasteiger partial charge on any atom is 0.165 e. The van der Waals surface area contributed by atoms with Crippen molar-refractivity contribution < 1.29 is 9.94 Å². The lowest BCUT2D eigenvalue weighted by Crippen LogP contribution is -2.20. The molecule has 12 heavy (non-hydrogen) atoms. The summed E-state index contributed by atoms with van der Waals surface area (Å²) in [5, 5.41) is 11.0. The van der Waals surface area contributed by atoms with Crippen molar-refractivity contribution in [3.63, 3.8) is 0 Å². The van der Waals surface area contributed by atoms with Gasteiger partial charge in [0.1, 0.15) is 6.61 Å². The van der Waals surface area contributed by atoms with Gasteiger partial charge in [0, 0.05) is 6.61 Å². The first-order valence-electron chi connectivity index (χ1n) is 4.37. The number of amidine groups is 1. The Kier molecular flexibility index (Phi) is 3.87. The fourth-order valence-electron chi connectivity index (χ4n) is 1.54. The van der Waals surface area contributed by atoms with E-state index < -0.39 is 0 Å². The molecule has 0 aromatic rings. The average Bonchev–Trinajstić information content (AvgIpc) is 2.57. The Hall–Kier alpha value is -0.770. The van der Waals surface area contributed by atoms with Crippen LogP contribution in [0.25, 0.3) is 0 Å². The monoisotopic (exact) mass is 172 g/mol. The Morgan fingerprint density at radius 1 is 1.50 bits per heavy atom. The van der Waals surface area contributed by atoms with Crippen LogP contribution in [0.2, 0.25) is 0 Å². The van der Waals surface area contributed by atoms with Crippen LogP contribution in [0.4, 0.5) is 0 Å². The minimum Gasteiger partial charge on any atom is -0.409 e. The lowest BCUT2D eigenvalue weighted by atomic mass is 10.1. The minimum atomic E-state index is 0.146. The predicted molar refractivity (Wildman–Crippen MR) is 46.2 cm³/mol. The van der Waals surface area contributed by atoms with E-state index >= 15 is 0 Å². The number of nitrogens with zero attached hydrogens (tertiary/aromatic N) is 1. The average molecular weight is 172 g/mol. The van der Waals surface area contributed by atoms with E-state index in [1.807, 2.05) is 0 Å². The summed E-state index contributed by atoms with van der Waals surface area (Å²) in [5.74, 6) is 0.837. The smallest absolute Gasteiger partial charge is 0.165 e. The van der Waals surface area contributed by atoms with Gasteiger partial charge in [0.2, 0.25) is 0 Å². The zero-order valence-corrected chi connectivity index (χ0v) is 7.20. The number of hydrogen-bond acceptors (Lipinski definition) is 3. The summed E-state index contributed by atoms with van der Waals surface area (Å²) in [7, 11) is 0. The molecular formula is C8H16N2O2. The molecule has 0 amide bonds. The highest BCUT2D eigenvalue weighted by Crippen LogP contribution is 2.24. The fourth-order valence-corrected chi connectivity index (χ4v) is 1.54. The molecule has 4 nitrogen and oxygen atoms in total. The molecule has 1 aliphatic carbocycles. The quantitative estimate of drug-likeness (QED) is 0.287. The summed E-state index contributed by atoms with van der Waals surface area (Å²) in [6.07, 6.45) is 5.15. The van der Waals surface area contributed by atoms with Gasteiger partial charge in [0.25, 0.3) is 0 Å². The summed E-state index contributed by atoms with van der Waals surface area (Å²) < 4.78 is 5.25. The standard InChI is InChI=1S/C8H16N2O2/c9-8(10-11)6-12-5-7-3-1-2-4-7/h7,11H,1-6H2,(H2,9,10). The van der Waals surface area contributed by atoms with Gasteiger partial charge in [-0.3, -0.25) is 0 Å². The number of oxime groups is 1. The Morgan fingerprint density at radius 2 is 2.17 bits per heavy atom. The second-order valence-electron chi connectivity index (χ2n) is 3.26. The summed E-state index contributed by atoms with van der Waals surface area (Å²) in [4.78, 5) is 0. The van der Waals surface area contributed by atoms with E-state index in [-0.39, 0.29) is 12.4 Å². The van der Waals surface area contributed by atoms with E-state index in [0.717, 1.165) is 6.61 Å². The molecule has 70 valence electrons. The molecule has 1 aliphatic rings. The normalized spacial score (nSPS) is 20.2. The van der Waals surface area contributed by atoms with Gasteiger partial charge >= 0.3 is 0 Å². The molecule has 1 saturated carbocycles. The molecule has 0 radical (unpaired) electrons. The van der Waals surface area contributed by atoms with E-state index in [2.05, 4.69) is 5.16 Å². The summed E-state index contributed by atoms with van der Waals surface area (Å²) >= 11 is 0. The van der Waals surface area contributed by atoms with Gasteiger partial charge in [-0.1, -0.05) is 18.0 Å². The van der Waals surface area contributed by atoms with Crippen molar-refractivity contribution in [3.8, 4) is 0 Å². The molecule has 0 aromatic carbocycles. The Bertz CT molecular complexity index is 153. The lowest BCUT2D eigenvalue weighted by molar-refractivity contribution is 0.130. The molecule has 0 atom stereocenters. The summed E-state index contributed by atoms with van der Waals surface area (Å²) in [5.41, 5.74) is 5.23. The molecule has 0 aromatic heterocycles. The molecule has 1 rings (SSSR count). The molecule has 0 unspecified atom stereocenters. The summed E-state index contributed by atoms with van der Waals surface area (Å²) in [6, 6.07) is 0. The van der Waals surface area contributed by atoms with Crippen LogP contribution in [0.15, 0.2) is 5.16 Å².